The molecule has 166 valence electrons. The number of fused-ring (bicyclic) bond motifs is 1. The van der Waals surface area contributed by atoms with Crippen molar-refractivity contribution in [2.75, 3.05) is 44.3 Å². The highest BCUT2D eigenvalue weighted by Gasteiger charge is 2.30. The molecule has 0 radical (unpaired) electrons. The molecule has 10 heteroatoms. The van der Waals surface area contributed by atoms with Crippen molar-refractivity contribution in [2.24, 2.45) is 0 Å². The van der Waals surface area contributed by atoms with Crippen molar-refractivity contribution in [1.29, 1.82) is 0 Å². The fourth-order valence-corrected chi connectivity index (χ4v) is 5.32. The summed E-state index contributed by atoms with van der Waals surface area (Å²) >= 11 is 5.94. The van der Waals surface area contributed by atoms with E-state index in [4.69, 9.17) is 21.1 Å². The van der Waals surface area contributed by atoms with E-state index >= 15 is 0 Å². The van der Waals surface area contributed by atoms with E-state index in [0.29, 0.717) is 55.9 Å². The maximum Gasteiger partial charge on any atom is 0.243 e. The van der Waals surface area contributed by atoms with E-state index in [-0.39, 0.29) is 4.90 Å². The number of anilines is 1. The highest BCUT2D eigenvalue weighted by molar-refractivity contribution is 7.89. The number of halogens is 1. The Morgan fingerprint density at radius 1 is 0.812 bits per heavy atom. The van der Waals surface area contributed by atoms with Gasteiger partial charge in [0.05, 0.1) is 10.6 Å². The molecule has 1 aromatic heterocycles. The number of nitrogens with zero attached hydrogens (tertiary/aromatic N) is 4. The molecule has 32 heavy (non-hydrogen) atoms. The molecule has 0 saturated carbocycles. The Hall–Kier alpha value is -2.88. The standard InChI is InChI=1S/C22H21ClN4O4S/c23-17-3-1-16(2-4-17)19-6-8-22(25-24-19)26-9-11-27(12-10-26)32(28,29)18-5-7-20-21(15-18)31-14-13-30-20/h1-8,15H,9-14H2. The number of rotatable bonds is 4. The second-order valence-electron chi connectivity index (χ2n) is 7.48. The summed E-state index contributed by atoms with van der Waals surface area (Å²) in [7, 11) is -3.62. The van der Waals surface area contributed by atoms with Crippen LogP contribution < -0.4 is 14.4 Å². The molecule has 2 aliphatic heterocycles. The lowest BCUT2D eigenvalue weighted by molar-refractivity contribution is 0.171. The van der Waals surface area contributed by atoms with Crippen LogP contribution in [0.2, 0.25) is 5.02 Å². The summed E-state index contributed by atoms with van der Waals surface area (Å²) in [4.78, 5) is 2.25. The van der Waals surface area contributed by atoms with E-state index in [9.17, 15) is 8.42 Å². The smallest absolute Gasteiger partial charge is 0.243 e. The van der Waals surface area contributed by atoms with Gasteiger partial charge in [0.2, 0.25) is 10.0 Å². The van der Waals surface area contributed by atoms with Gasteiger partial charge in [-0.3, -0.25) is 0 Å². The van der Waals surface area contributed by atoms with Crippen LogP contribution in [0.4, 0.5) is 5.82 Å². The Balaban J connectivity index is 1.26. The second-order valence-corrected chi connectivity index (χ2v) is 9.85. The van der Waals surface area contributed by atoms with Crippen molar-refractivity contribution in [1.82, 2.24) is 14.5 Å². The predicted octanol–water partition coefficient (Wildman–Crippen LogP) is 3.08. The Bertz CT molecular complexity index is 1210. The first kappa shape index (κ1) is 21.0. The molecular weight excluding hydrogens is 452 g/mol. The van der Waals surface area contributed by atoms with Crippen molar-refractivity contribution >= 4 is 27.4 Å². The van der Waals surface area contributed by atoms with E-state index in [1.807, 2.05) is 41.3 Å². The molecule has 5 rings (SSSR count). The third kappa shape index (κ3) is 4.11. The summed E-state index contributed by atoms with van der Waals surface area (Å²) in [5.74, 6) is 1.76. The number of ether oxygens (including phenoxy) is 2. The minimum atomic E-state index is -3.62. The fraction of sp³-hybridized carbons (Fsp3) is 0.273. The van der Waals surface area contributed by atoms with Crippen molar-refractivity contribution in [3.8, 4) is 22.8 Å². The van der Waals surface area contributed by atoms with Gasteiger partial charge in [0.1, 0.15) is 13.2 Å². The summed E-state index contributed by atoms with van der Waals surface area (Å²) in [6.07, 6.45) is 0. The molecule has 0 unspecified atom stereocenters. The van der Waals surface area contributed by atoms with E-state index in [1.165, 1.54) is 10.4 Å². The maximum atomic E-state index is 13.1. The Morgan fingerprint density at radius 3 is 2.22 bits per heavy atom. The molecule has 8 nitrogen and oxygen atoms in total. The topological polar surface area (TPSA) is 84.9 Å². The first-order chi connectivity index (χ1) is 15.5. The Labute approximate surface area is 191 Å². The minimum Gasteiger partial charge on any atom is -0.486 e. The molecule has 2 aliphatic rings. The van der Waals surface area contributed by atoms with Crippen molar-refractivity contribution in [3.05, 3.63) is 59.6 Å². The number of benzene rings is 2. The summed E-state index contributed by atoms with van der Waals surface area (Å²) in [6, 6.07) is 16.0. The highest BCUT2D eigenvalue weighted by Crippen LogP contribution is 2.33. The normalized spacial score (nSPS) is 16.7. The molecular formula is C22H21ClN4O4S. The summed E-state index contributed by atoms with van der Waals surface area (Å²) in [6.45, 7) is 2.64. The summed E-state index contributed by atoms with van der Waals surface area (Å²) in [5, 5.41) is 9.33. The van der Waals surface area contributed by atoms with Gasteiger partial charge in [-0.15, -0.1) is 10.2 Å². The van der Waals surface area contributed by atoms with Crippen LogP contribution >= 0.6 is 11.6 Å². The number of hydrogen-bond acceptors (Lipinski definition) is 7. The summed E-state index contributed by atoms with van der Waals surface area (Å²) in [5.41, 5.74) is 1.69. The van der Waals surface area contributed by atoms with Gasteiger partial charge >= 0.3 is 0 Å². The average Bonchev–Trinajstić information content (AvgIpc) is 2.84. The molecule has 1 saturated heterocycles. The Morgan fingerprint density at radius 2 is 1.53 bits per heavy atom. The van der Waals surface area contributed by atoms with Crippen molar-refractivity contribution in [2.45, 2.75) is 4.90 Å². The van der Waals surface area contributed by atoms with Crippen LogP contribution in [0.3, 0.4) is 0 Å². The van der Waals surface area contributed by atoms with Crippen LogP contribution in [0.25, 0.3) is 11.3 Å². The van der Waals surface area contributed by atoms with E-state index in [0.717, 1.165) is 17.1 Å². The van der Waals surface area contributed by atoms with Crippen LogP contribution in [0, 0.1) is 0 Å². The molecule has 0 bridgehead atoms. The number of piperazine rings is 1. The predicted molar refractivity (Wildman–Crippen MR) is 121 cm³/mol. The van der Waals surface area contributed by atoms with Crippen molar-refractivity contribution < 1.29 is 17.9 Å². The van der Waals surface area contributed by atoms with E-state index < -0.39 is 10.0 Å². The van der Waals surface area contributed by atoms with Crippen LogP contribution in [0.1, 0.15) is 0 Å². The zero-order valence-corrected chi connectivity index (χ0v) is 18.7. The third-order valence-electron chi connectivity index (χ3n) is 5.50. The van der Waals surface area contributed by atoms with Crippen LogP contribution in [0.15, 0.2) is 59.5 Å². The quantitative estimate of drug-likeness (QED) is 0.576. The first-order valence-corrected chi connectivity index (χ1v) is 12.1. The van der Waals surface area contributed by atoms with Gasteiger partial charge in [-0.05, 0) is 36.4 Å². The van der Waals surface area contributed by atoms with Crippen molar-refractivity contribution in [3.63, 3.8) is 0 Å². The molecule has 2 aromatic carbocycles. The number of aromatic nitrogens is 2. The highest BCUT2D eigenvalue weighted by atomic mass is 35.5. The van der Waals surface area contributed by atoms with Crippen LogP contribution in [0.5, 0.6) is 11.5 Å². The molecule has 0 amide bonds. The monoisotopic (exact) mass is 472 g/mol. The molecule has 3 aromatic rings. The molecule has 0 atom stereocenters. The van der Waals surface area contributed by atoms with Gasteiger partial charge in [0.15, 0.2) is 17.3 Å². The zero-order valence-electron chi connectivity index (χ0n) is 17.1. The van der Waals surface area contributed by atoms with Crippen LogP contribution in [-0.2, 0) is 10.0 Å². The number of sulfonamides is 1. The lowest BCUT2D eigenvalue weighted by Crippen LogP contribution is -2.49. The van der Waals surface area contributed by atoms with Crippen LogP contribution in [-0.4, -0.2) is 62.3 Å². The van der Waals surface area contributed by atoms with Gasteiger partial charge in [0, 0.05) is 42.8 Å². The lowest BCUT2D eigenvalue weighted by atomic mass is 10.1. The Kier molecular flexibility index (Phi) is 5.62. The molecule has 1 fully saturated rings. The fourth-order valence-electron chi connectivity index (χ4n) is 3.76. The van der Waals surface area contributed by atoms with Gasteiger partial charge in [0.25, 0.3) is 0 Å². The largest absolute Gasteiger partial charge is 0.486 e. The van der Waals surface area contributed by atoms with Gasteiger partial charge in [-0.2, -0.15) is 4.31 Å². The first-order valence-electron chi connectivity index (χ1n) is 10.3. The molecule has 0 aliphatic carbocycles. The second kappa shape index (κ2) is 8.57. The van der Waals surface area contributed by atoms with E-state index in [1.54, 1.807) is 12.1 Å². The molecule has 0 N–H and O–H groups in total. The minimum absolute atomic E-state index is 0.210. The maximum absolute atomic E-state index is 13.1. The molecule has 3 heterocycles. The summed E-state index contributed by atoms with van der Waals surface area (Å²) < 4.78 is 38.7. The third-order valence-corrected chi connectivity index (χ3v) is 7.65. The SMILES string of the molecule is O=S(=O)(c1ccc2c(c1)OCCO2)N1CCN(c2ccc(-c3ccc(Cl)cc3)nn2)CC1. The average molecular weight is 473 g/mol. The number of hydrogen-bond donors (Lipinski definition) is 0. The van der Waals surface area contributed by atoms with E-state index in [2.05, 4.69) is 10.2 Å². The van der Waals surface area contributed by atoms with Gasteiger partial charge in [-0.25, -0.2) is 8.42 Å². The van der Waals surface area contributed by atoms with Gasteiger partial charge < -0.3 is 14.4 Å². The zero-order chi connectivity index (χ0) is 22.1. The lowest BCUT2D eigenvalue weighted by Gasteiger charge is -2.34. The van der Waals surface area contributed by atoms with Gasteiger partial charge in [-0.1, -0.05) is 23.7 Å². The molecule has 0 spiro atoms.